The number of primary amides is 1. The van der Waals surface area contributed by atoms with Crippen LogP contribution >= 0.6 is 0 Å². The number of nitrogens with one attached hydrogen (secondary N) is 2. The molecule has 0 aromatic heterocycles. The predicted molar refractivity (Wildman–Crippen MR) is 53.4 cm³/mol. The van der Waals surface area contributed by atoms with Crippen molar-refractivity contribution in [2.45, 2.75) is 13.1 Å². The Labute approximate surface area is 83.8 Å². The van der Waals surface area contributed by atoms with Crippen LogP contribution in [0.3, 0.4) is 0 Å². The van der Waals surface area contributed by atoms with Crippen LogP contribution in [0.25, 0.3) is 0 Å². The summed E-state index contributed by atoms with van der Waals surface area (Å²) in [6.07, 6.45) is -0.749. The van der Waals surface area contributed by atoms with Gasteiger partial charge >= 0.3 is 0 Å². The molecule has 14 heavy (non-hydrogen) atoms. The Balaban J connectivity index is 4.04. The number of nitrogens with two attached hydrogens (primary N) is 1. The summed E-state index contributed by atoms with van der Waals surface area (Å²) in [5.41, 5.74) is 5.10. The Hall–Kier alpha value is -1.14. The fourth-order valence-corrected chi connectivity index (χ4v) is 0.897. The number of likely N-dealkylation sites (N-methyl/N-ethyl adjacent to an activating group) is 2. The lowest BCUT2D eigenvalue weighted by Gasteiger charge is -2.22. The number of hydrogen-bond donors (Lipinski definition) is 3. The summed E-state index contributed by atoms with van der Waals surface area (Å²) >= 11 is 0. The Bertz CT molecular complexity index is 206. The van der Waals surface area contributed by atoms with E-state index in [0.29, 0.717) is 6.54 Å². The van der Waals surface area contributed by atoms with Crippen molar-refractivity contribution in [1.29, 1.82) is 0 Å². The maximum absolute atomic E-state index is 11.2. The molecule has 0 aromatic rings. The van der Waals surface area contributed by atoms with E-state index in [0.717, 1.165) is 0 Å². The van der Waals surface area contributed by atoms with E-state index in [1.165, 1.54) is 0 Å². The second-order valence-corrected chi connectivity index (χ2v) is 3.12. The van der Waals surface area contributed by atoms with Gasteiger partial charge in [0.25, 0.3) is 5.91 Å². The van der Waals surface area contributed by atoms with Crippen LogP contribution in [0.5, 0.6) is 0 Å². The molecule has 0 heterocycles. The number of rotatable bonds is 6. The molecule has 82 valence electrons. The Morgan fingerprint density at radius 3 is 2.36 bits per heavy atom. The molecule has 0 fully saturated rings. The fourth-order valence-electron chi connectivity index (χ4n) is 0.897. The average Bonchev–Trinajstić information content (AvgIpc) is 2.09. The Morgan fingerprint density at radius 2 is 2.00 bits per heavy atom. The molecular formula is C8H18N4O2. The first kappa shape index (κ1) is 12.9. The Kier molecular flexibility index (Phi) is 5.82. The molecule has 0 aromatic carbocycles. The summed E-state index contributed by atoms with van der Waals surface area (Å²) in [5, 5.41) is 5.35. The highest BCUT2D eigenvalue weighted by molar-refractivity contribution is 5.86. The molecule has 0 aliphatic heterocycles. The number of hydrogen-bond acceptors (Lipinski definition) is 4. The normalized spacial score (nSPS) is 12.6. The van der Waals surface area contributed by atoms with Gasteiger partial charge in [0, 0.05) is 0 Å². The van der Waals surface area contributed by atoms with Crippen LogP contribution in [0.4, 0.5) is 0 Å². The monoisotopic (exact) mass is 202 g/mol. The van der Waals surface area contributed by atoms with E-state index in [9.17, 15) is 9.59 Å². The topological polar surface area (TPSA) is 87.5 Å². The zero-order valence-corrected chi connectivity index (χ0v) is 8.83. The quantitative estimate of drug-likeness (QED) is 0.438. The first-order valence-corrected chi connectivity index (χ1v) is 4.44. The summed E-state index contributed by atoms with van der Waals surface area (Å²) in [4.78, 5) is 23.7. The van der Waals surface area contributed by atoms with E-state index in [2.05, 4.69) is 10.6 Å². The van der Waals surface area contributed by atoms with Gasteiger partial charge in [0.2, 0.25) is 5.91 Å². The fraction of sp³-hybridized carbons (Fsp3) is 0.750. The SMILES string of the molecule is CCNCC(=O)NC(C(N)=O)N(C)C. The van der Waals surface area contributed by atoms with E-state index in [1.807, 2.05) is 6.92 Å². The first-order chi connectivity index (χ1) is 6.49. The van der Waals surface area contributed by atoms with Crippen LogP contribution < -0.4 is 16.4 Å². The van der Waals surface area contributed by atoms with Gasteiger partial charge in [0.15, 0.2) is 6.17 Å². The van der Waals surface area contributed by atoms with Crippen LogP contribution in [0, 0.1) is 0 Å². The van der Waals surface area contributed by atoms with Gasteiger partial charge in [-0.2, -0.15) is 0 Å². The maximum atomic E-state index is 11.2. The number of carbonyl (C=O) groups is 2. The maximum Gasteiger partial charge on any atom is 0.255 e. The smallest absolute Gasteiger partial charge is 0.255 e. The minimum absolute atomic E-state index is 0.189. The van der Waals surface area contributed by atoms with Crippen LogP contribution in [-0.2, 0) is 9.59 Å². The van der Waals surface area contributed by atoms with Gasteiger partial charge in [-0.05, 0) is 20.6 Å². The molecule has 0 rings (SSSR count). The van der Waals surface area contributed by atoms with Crippen molar-refractivity contribution >= 4 is 11.8 Å². The lowest BCUT2D eigenvalue weighted by Crippen LogP contribution is -2.54. The molecule has 6 nitrogen and oxygen atoms in total. The highest BCUT2D eigenvalue weighted by atomic mass is 16.2. The number of nitrogens with zero attached hydrogens (tertiary/aromatic N) is 1. The third-order valence-corrected chi connectivity index (χ3v) is 1.62. The molecule has 0 aliphatic rings. The second kappa shape index (κ2) is 6.33. The van der Waals surface area contributed by atoms with E-state index in [4.69, 9.17) is 5.73 Å². The second-order valence-electron chi connectivity index (χ2n) is 3.12. The predicted octanol–water partition coefficient (Wildman–Crippen LogP) is -1.91. The van der Waals surface area contributed by atoms with Crippen molar-refractivity contribution in [3.05, 3.63) is 0 Å². The van der Waals surface area contributed by atoms with Crippen molar-refractivity contribution in [1.82, 2.24) is 15.5 Å². The lowest BCUT2D eigenvalue weighted by molar-refractivity contribution is -0.130. The van der Waals surface area contributed by atoms with Crippen molar-refractivity contribution < 1.29 is 9.59 Å². The van der Waals surface area contributed by atoms with Crippen molar-refractivity contribution in [3.63, 3.8) is 0 Å². The van der Waals surface area contributed by atoms with Gasteiger partial charge in [-0.15, -0.1) is 0 Å². The zero-order valence-electron chi connectivity index (χ0n) is 8.83. The van der Waals surface area contributed by atoms with Crippen LogP contribution in [0.2, 0.25) is 0 Å². The minimum Gasteiger partial charge on any atom is -0.367 e. The van der Waals surface area contributed by atoms with Gasteiger partial charge in [0.1, 0.15) is 0 Å². The molecule has 6 heteroatoms. The molecule has 0 bridgehead atoms. The third-order valence-electron chi connectivity index (χ3n) is 1.62. The average molecular weight is 202 g/mol. The van der Waals surface area contributed by atoms with Crippen LogP contribution in [-0.4, -0.2) is 50.1 Å². The van der Waals surface area contributed by atoms with Gasteiger partial charge in [-0.25, -0.2) is 0 Å². The molecule has 2 amide bonds. The Morgan fingerprint density at radius 1 is 1.43 bits per heavy atom. The molecular weight excluding hydrogens is 184 g/mol. The molecule has 0 radical (unpaired) electrons. The molecule has 1 atom stereocenters. The number of amides is 2. The van der Waals surface area contributed by atoms with Crippen LogP contribution in [0.15, 0.2) is 0 Å². The lowest BCUT2D eigenvalue weighted by atomic mass is 10.4. The summed E-state index contributed by atoms with van der Waals surface area (Å²) in [7, 11) is 3.34. The third kappa shape index (κ3) is 4.78. The van der Waals surface area contributed by atoms with E-state index < -0.39 is 12.1 Å². The van der Waals surface area contributed by atoms with Crippen LogP contribution in [0.1, 0.15) is 6.92 Å². The summed E-state index contributed by atoms with van der Waals surface area (Å²) in [6, 6.07) is 0. The molecule has 1 unspecified atom stereocenters. The largest absolute Gasteiger partial charge is 0.367 e. The van der Waals surface area contributed by atoms with Crippen molar-refractivity contribution in [3.8, 4) is 0 Å². The van der Waals surface area contributed by atoms with E-state index in [1.54, 1.807) is 19.0 Å². The van der Waals surface area contributed by atoms with Crippen molar-refractivity contribution in [2.24, 2.45) is 5.73 Å². The number of carbonyl (C=O) groups excluding carboxylic acids is 2. The zero-order chi connectivity index (χ0) is 11.1. The van der Waals surface area contributed by atoms with E-state index >= 15 is 0 Å². The highest BCUT2D eigenvalue weighted by Crippen LogP contribution is 1.86. The standard InChI is InChI=1S/C8H18N4O2/c1-4-10-5-6(13)11-8(7(9)14)12(2)3/h8,10H,4-5H2,1-3H3,(H2,9,14)(H,11,13). The summed E-state index contributed by atoms with van der Waals surface area (Å²) in [5.74, 6) is -0.816. The molecule has 0 aliphatic carbocycles. The minimum atomic E-state index is -0.749. The molecule has 0 saturated heterocycles. The molecule has 0 saturated carbocycles. The molecule has 4 N–H and O–H groups in total. The van der Waals surface area contributed by atoms with Gasteiger partial charge in [0.05, 0.1) is 6.54 Å². The van der Waals surface area contributed by atoms with Gasteiger partial charge < -0.3 is 16.4 Å². The van der Waals surface area contributed by atoms with E-state index in [-0.39, 0.29) is 12.5 Å². The van der Waals surface area contributed by atoms with Gasteiger partial charge in [-0.1, -0.05) is 6.92 Å². The summed E-state index contributed by atoms with van der Waals surface area (Å²) in [6.45, 7) is 2.79. The highest BCUT2D eigenvalue weighted by Gasteiger charge is 2.19. The van der Waals surface area contributed by atoms with Gasteiger partial charge in [-0.3, -0.25) is 14.5 Å². The first-order valence-electron chi connectivity index (χ1n) is 4.44. The summed E-state index contributed by atoms with van der Waals surface area (Å²) < 4.78 is 0. The molecule has 0 spiro atoms. The van der Waals surface area contributed by atoms with Crippen molar-refractivity contribution in [2.75, 3.05) is 27.2 Å².